The molecule has 1 heterocycles. The first kappa shape index (κ1) is 21.7. The molecule has 0 bridgehead atoms. The van der Waals surface area contributed by atoms with E-state index in [1.54, 1.807) is 12.1 Å². The first-order valence-corrected chi connectivity index (χ1v) is 9.54. The van der Waals surface area contributed by atoms with E-state index in [9.17, 15) is 9.18 Å². The van der Waals surface area contributed by atoms with Gasteiger partial charge in [0.25, 0.3) is 0 Å². The molecule has 1 N–H and O–H groups in total. The summed E-state index contributed by atoms with van der Waals surface area (Å²) < 4.78 is 18.2. The fourth-order valence-electron chi connectivity index (χ4n) is 2.64. The van der Waals surface area contributed by atoms with Crippen LogP contribution in [0.4, 0.5) is 14.9 Å². The molecule has 0 saturated carbocycles. The Labute approximate surface area is 166 Å². The number of nitrogens with one attached hydrogen (secondary N) is 1. The molecule has 7 nitrogen and oxygen atoms in total. The lowest BCUT2D eigenvalue weighted by Crippen LogP contribution is -2.35. The van der Waals surface area contributed by atoms with Gasteiger partial charge in [0.1, 0.15) is 11.4 Å². The number of benzene rings is 1. The topological polar surface area (TPSA) is 69.5 Å². The molecule has 0 radical (unpaired) electrons. The molecule has 0 aliphatic carbocycles. The number of hydrogen-bond donors (Lipinski definition) is 1. The van der Waals surface area contributed by atoms with Crippen molar-refractivity contribution in [2.24, 2.45) is 10.2 Å². The fourth-order valence-corrected chi connectivity index (χ4v) is 2.64. The zero-order valence-electron chi connectivity index (χ0n) is 17.1. The SMILES string of the molecule is CN1C=CN(CCCCCNC(=O)OC(C)(C)C)C1N=Nc1ccc(F)cc1. The maximum absolute atomic E-state index is 13.0. The molecule has 1 aliphatic rings. The van der Waals surface area contributed by atoms with Crippen LogP contribution >= 0.6 is 0 Å². The maximum Gasteiger partial charge on any atom is 0.407 e. The molecule has 28 heavy (non-hydrogen) atoms. The predicted molar refractivity (Wildman–Crippen MR) is 106 cm³/mol. The highest BCUT2D eigenvalue weighted by molar-refractivity contribution is 5.67. The van der Waals surface area contributed by atoms with E-state index in [4.69, 9.17) is 4.74 Å². The molecule has 1 aromatic rings. The van der Waals surface area contributed by atoms with Gasteiger partial charge >= 0.3 is 6.09 Å². The highest BCUT2D eigenvalue weighted by atomic mass is 19.1. The third-order valence-electron chi connectivity index (χ3n) is 4.02. The summed E-state index contributed by atoms with van der Waals surface area (Å²) in [6, 6.07) is 5.94. The van der Waals surface area contributed by atoms with Gasteiger partial charge in [-0.05, 0) is 64.3 Å². The van der Waals surface area contributed by atoms with E-state index in [2.05, 4.69) is 20.4 Å². The van der Waals surface area contributed by atoms with Crippen molar-refractivity contribution in [2.75, 3.05) is 20.1 Å². The Hall–Kier alpha value is -2.64. The summed E-state index contributed by atoms with van der Waals surface area (Å²) >= 11 is 0. The zero-order valence-corrected chi connectivity index (χ0v) is 17.1. The van der Waals surface area contributed by atoms with E-state index >= 15 is 0 Å². The van der Waals surface area contributed by atoms with E-state index in [1.807, 2.05) is 45.1 Å². The molecule has 1 unspecified atom stereocenters. The minimum absolute atomic E-state index is 0.204. The predicted octanol–water partition coefficient (Wildman–Crippen LogP) is 4.61. The van der Waals surface area contributed by atoms with Crippen LogP contribution in [0.5, 0.6) is 0 Å². The number of azo groups is 1. The molecule has 0 spiro atoms. The lowest BCUT2D eigenvalue weighted by atomic mass is 10.2. The molecule has 2 rings (SSSR count). The lowest BCUT2D eigenvalue weighted by molar-refractivity contribution is 0.0527. The number of ether oxygens (including phenoxy) is 1. The van der Waals surface area contributed by atoms with Gasteiger partial charge in [0.15, 0.2) is 0 Å². The van der Waals surface area contributed by atoms with Crippen molar-refractivity contribution >= 4 is 11.8 Å². The van der Waals surface area contributed by atoms with Crippen molar-refractivity contribution in [3.63, 3.8) is 0 Å². The Kier molecular flexibility index (Phi) is 7.78. The van der Waals surface area contributed by atoms with E-state index < -0.39 is 5.60 Å². The van der Waals surface area contributed by atoms with Crippen LogP contribution in [0, 0.1) is 5.82 Å². The average Bonchev–Trinajstić information content (AvgIpc) is 2.96. The van der Waals surface area contributed by atoms with Gasteiger partial charge in [0, 0.05) is 32.5 Å². The Balaban J connectivity index is 1.69. The molecule has 1 amide bonds. The van der Waals surface area contributed by atoms with Gasteiger partial charge in [-0.2, -0.15) is 5.11 Å². The number of unbranched alkanes of at least 4 members (excludes halogenated alkanes) is 2. The third-order valence-corrected chi connectivity index (χ3v) is 4.02. The van der Waals surface area contributed by atoms with Crippen LogP contribution in [0.1, 0.15) is 40.0 Å². The minimum Gasteiger partial charge on any atom is -0.444 e. The molecular formula is C20H30FN5O2. The van der Waals surface area contributed by atoms with Crippen LogP contribution in [0.25, 0.3) is 0 Å². The van der Waals surface area contributed by atoms with Crippen LogP contribution in [-0.4, -0.2) is 47.9 Å². The summed E-state index contributed by atoms with van der Waals surface area (Å²) in [6.07, 6.45) is 6.20. The van der Waals surface area contributed by atoms with Crippen molar-refractivity contribution in [2.45, 2.75) is 51.9 Å². The highest BCUT2D eigenvalue weighted by Gasteiger charge is 2.22. The van der Waals surface area contributed by atoms with Gasteiger partial charge in [0.2, 0.25) is 6.29 Å². The lowest BCUT2D eigenvalue weighted by Gasteiger charge is -2.25. The van der Waals surface area contributed by atoms with E-state index in [0.717, 1.165) is 25.8 Å². The second kappa shape index (κ2) is 10.1. The number of rotatable bonds is 8. The summed E-state index contributed by atoms with van der Waals surface area (Å²) in [7, 11) is 1.94. The molecular weight excluding hydrogens is 361 g/mol. The normalized spacial score (nSPS) is 16.8. The van der Waals surface area contributed by atoms with Gasteiger partial charge in [-0.1, -0.05) is 0 Å². The smallest absolute Gasteiger partial charge is 0.407 e. The first-order valence-electron chi connectivity index (χ1n) is 9.54. The first-order chi connectivity index (χ1) is 13.2. The van der Waals surface area contributed by atoms with Crippen molar-refractivity contribution in [1.82, 2.24) is 15.1 Å². The Bertz CT molecular complexity index is 685. The molecule has 8 heteroatoms. The zero-order chi connectivity index (χ0) is 20.6. The number of carbonyl (C=O) groups is 1. The monoisotopic (exact) mass is 391 g/mol. The van der Waals surface area contributed by atoms with Crippen LogP contribution in [-0.2, 0) is 4.74 Å². The summed E-state index contributed by atoms with van der Waals surface area (Å²) in [6.45, 7) is 6.96. The van der Waals surface area contributed by atoms with Crippen molar-refractivity contribution < 1.29 is 13.9 Å². The number of carbonyl (C=O) groups excluding carboxylic acids is 1. The molecule has 1 aliphatic heterocycles. The number of nitrogens with zero attached hydrogens (tertiary/aromatic N) is 4. The van der Waals surface area contributed by atoms with E-state index in [-0.39, 0.29) is 18.2 Å². The fraction of sp³-hybridized carbons (Fsp3) is 0.550. The number of hydrogen-bond acceptors (Lipinski definition) is 6. The standard InChI is InChI=1S/C20H30FN5O2/c1-20(2,3)28-19(27)22-12-6-5-7-13-26-15-14-25(4)18(26)24-23-17-10-8-16(21)9-11-17/h8-11,14-15,18H,5-7,12-13H2,1-4H3,(H,22,27). The maximum atomic E-state index is 13.0. The largest absolute Gasteiger partial charge is 0.444 e. The van der Waals surface area contributed by atoms with Crippen molar-refractivity contribution in [3.05, 3.63) is 42.5 Å². The van der Waals surface area contributed by atoms with Crippen LogP contribution in [0.15, 0.2) is 46.9 Å². The second-order valence-corrected chi connectivity index (χ2v) is 7.73. The summed E-state index contributed by atoms with van der Waals surface area (Å²) in [5, 5.41) is 11.4. The van der Waals surface area contributed by atoms with E-state index in [0.29, 0.717) is 12.2 Å². The van der Waals surface area contributed by atoms with Crippen LogP contribution < -0.4 is 5.32 Å². The Morgan fingerprint density at radius 2 is 1.89 bits per heavy atom. The average molecular weight is 391 g/mol. The summed E-state index contributed by atoms with van der Waals surface area (Å²) in [5.41, 5.74) is 0.144. The van der Waals surface area contributed by atoms with Gasteiger partial charge in [0.05, 0.1) is 5.69 Å². The third kappa shape index (κ3) is 7.54. The Morgan fingerprint density at radius 1 is 1.18 bits per heavy atom. The van der Waals surface area contributed by atoms with Crippen LogP contribution in [0.3, 0.4) is 0 Å². The van der Waals surface area contributed by atoms with Crippen LogP contribution in [0.2, 0.25) is 0 Å². The van der Waals surface area contributed by atoms with Gasteiger partial charge in [-0.15, -0.1) is 5.11 Å². The highest BCUT2D eigenvalue weighted by Crippen LogP contribution is 2.20. The molecule has 0 saturated heterocycles. The number of amides is 1. The molecule has 0 aromatic heterocycles. The second-order valence-electron chi connectivity index (χ2n) is 7.73. The van der Waals surface area contributed by atoms with Gasteiger partial charge in [-0.25, -0.2) is 9.18 Å². The van der Waals surface area contributed by atoms with E-state index in [1.165, 1.54) is 12.1 Å². The quantitative estimate of drug-likeness (QED) is 0.519. The van der Waals surface area contributed by atoms with Gasteiger partial charge in [-0.3, -0.25) is 0 Å². The molecule has 1 aromatic carbocycles. The van der Waals surface area contributed by atoms with Gasteiger partial charge < -0.3 is 19.9 Å². The molecule has 154 valence electrons. The molecule has 0 fully saturated rings. The summed E-state index contributed by atoms with van der Waals surface area (Å²) in [4.78, 5) is 15.7. The number of alkyl carbamates (subject to hydrolysis) is 1. The summed E-state index contributed by atoms with van der Waals surface area (Å²) in [5.74, 6) is -0.290. The van der Waals surface area contributed by atoms with Crippen molar-refractivity contribution in [3.8, 4) is 0 Å². The Morgan fingerprint density at radius 3 is 2.57 bits per heavy atom. The minimum atomic E-state index is -0.477. The molecule has 1 atom stereocenters. The number of halogens is 1. The van der Waals surface area contributed by atoms with Crippen molar-refractivity contribution in [1.29, 1.82) is 0 Å².